The molecule has 7 nitrogen and oxygen atoms in total. The van der Waals surface area contributed by atoms with Crippen molar-refractivity contribution in [2.75, 3.05) is 33.3 Å². The van der Waals surface area contributed by atoms with E-state index in [1.807, 2.05) is 0 Å². The van der Waals surface area contributed by atoms with Crippen LogP contribution >= 0.6 is 23.2 Å². The van der Waals surface area contributed by atoms with Crippen LogP contribution in [-0.2, 0) is 11.3 Å². The van der Waals surface area contributed by atoms with Crippen LogP contribution in [-0.4, -0.2) is 78.3 Å². The number of fused-ring (bicyclic) bond motifs is 1. The fourth-order valence-corrected chi connectivity index (χ4v) is 5.51. The highest BCUT2D eigenvalue weighted by Crippen LogP contribution is 2.31. The van der Waals surface area contributed by atoms with E-state index in [9.17, 15) is 18.0 Å². The lowest BCUT2D eigenvalue weighted by Crippen LogP contribution is -2.37. The second-order valence-corrected chi connectivity index (χ2v) is 11.3. The smallest absolute Gasteiger partial charge is 0.490 e. The number of nitrogens with zero attached hydrogens (tertiary/aromatic N) is 2. The molecule has 0 bridgehead atoms. The lowest BCUT2D eigenvalue weighted by molar-refractivity contribution is -0.192. The Morgan fingerprint density at radius 1 is 1.02 bits per heavy atom. The Labute approximate surface area is 252 Å². The van der Waals surface area contributed by atoms with Crippen molar-refractivity contribution in [3.8, 4) is 5.75 Å². The van der Waals surface area contributed by atoms with Crippen molar-refractivity contribution in [3.05, 3.63) is 75.8 Å². The van der Waals surface area contributed by atoms with E-state index in [4.69, 9.17) is 37.8 Å². The van der Waals surface area contributed by atoms with Gasteiger partial charge in [-0.1, -0.05) is 53.5 Å². The molecule has 0 aromatic heterocycles. The van der Waals surface area contributed by atoms with Gasteiger partial charge in [-0.2, -0.15) is 13.2 Å². The van der Waals surface area contributed by atoms with E-state index in [2.05, 4.69) is 58.6 Å². The van der Waals surface area contributed by atoms with Gasteiger partial charge in [0.05, 0.1) is 10.0 Å². The monoisotopic (exact) mass is 625 g/mol. The number of alkyl halides is 3. The summed E-state index contributed by atoms with van der Waals surface area (Å²) < 4.78 is 38.0. The lowest BCUT2D eigenvalue weighted by Gasteiger charge is -2.21. The lowest BCUT2D eigenvalue weighted by atomic mass is 10.0. The van der Waals surface area contributed by atoms with Crippen LogP contribution in [0.2, 0.25) is 10.0 Å². The molecule has 2 saturated heterocycles. The molecule has 2 aliphatic rings. The van der Waals surface area contributed by atoms with Crippen LogP contribution in [0.5, 0.6) is 5.75 Å². The topological polar surface area (TPSA) is 82.1 Å². The van der Waals surface area contributed by atoms with Crippen LogP contribution in [0, 0.1) is 0 Å². The van der Waals surface area contributed by atoms with Gasteiger partial charge in [0.1, 0.15) is 12.4 Å². The minimum atomic E-state index is -5.08. The zero-order valence-electron chi connectivity index (χ0n) is 23.0. The van der Waals surface area contributed by atoms with Gasteiger partial charge in [0, 0.05) is 42.7 Å². The van der Waals surface area contributed by atoms with Crippen molar-refractivity contribution in [1.82, 2.24) is 15.1 Å². The summed E-state index contributed by atoms with van der Waals surface area (Å²) in [4.78, 5) is 26.4. The number of nitrogens with one attached hydrogen (secondary N) is 1. The fraction of sp³-hybridized carbons (Fsp3) is 0.400. The quantitative estimate of drug-likeness (QED) is 0.323. The number of amides is 1. The number of benzene rings is 3. The number of aliphatic carboxylic acids is 1. The maximum atomic E-state index is 12.7. The van der Waals surface area contributed by atoms with E-state index < -0.39 is 12.1 Å². The number of likely N-dealkylation sites (N-methyl/N-ethyl adjacent to an activating group) is 1. The highest BCUT2D eigenvalue weighted by molar-refractivity contribution is 6.42. The minimum absolute atomic E-state index is 0.106. The molecule has 3 aromatic carbocycles. The van der Waals surface area contributed by atoms with Crippen LogP contribution < -0.4 is 10.1 Å². The third-order valence-corrected chi connectivity index (χ3v) is 8.24. The standard InChI is InChI=1S/C28H31Cl2N3O2.C2HF3O2/c1-32-13-4-5-22(32)18-35-27-11-9-20(23-6-2-3-7-24(23)27)16-33-14-12-21(17-33)31-28(34)19-8-10-25(29)26(30)15-19;3-2(4,5)1(6)7/h2-3,6-11,15,21-22H,4-5,12-14,16-18H2,1H3,(H,31,34);(H,6,7)/t21-,22-;/m0./s1. The van der Waals surface area contributed by atoms with Crippen LogP contribution in [0.25, 0.3) is 10.8 Å². The third-order valence-electron chi connectivity index (χ3n) is 7.50. The molecule has 2 aliphatic heterocycles. The molecular formula is C30H32Cl2F3N3O4. The Bertz CT molecular complexity index is 1420. The van der Waals surface area contributed by atoms with E-state index in [1.54, 1.807) is 18.2 Å². The molecule has 0 unspecified atom stereocenters. The zero-order valence-corrected chi connectivity index (χ0v) is 24.5. The van der Waals surface area contributed by atoms with E-state index in [0.29, 0.717) is 21.7 Å². The molecule has 1 amide bonds. The summed E-state index contributed by atoms with van der Waals surface area (Å²) in [5, 5.41) is 13.5. The second-order valence-electron chi connectivity index (χ2n) is 10.5. The maximum Gasteiger partial charge on any atom is 0.490 e. The van der Waals surface area contributed by atoms with Crippen LogP contribution in [0.1, 0.15) is 35.2 Å². The Morgan fingerprint density at radius 2 is 1.74 bits per heavy atom. The summed E-state index contributed by atoms with van der Waals surface area (Å²) in [5.74, 6) is -1.92. The van der Waals surface area contributed by atoms with Gasteiger partial charge in [-0.05, 0) is 68.1 Å². The number of likely N-dealkylation sites (tertiary alicyclic amines) is 2. The highest BCUT2D eigenvalue weighted by atomic mass is 35.5. The van der Waals surface area contributed by atoms with Crippen molar-refractivity contribution in [3.63, 3.8) is 0 Å². The number of halogens is 5. The van der Waals surface area contributed by atoms with Crippen molar-refractivity contribution >= 4 is 45.9 Å². The van der Waals surface area contributed by atoms with Crippen molar-refractivity contribution < 1.29 is 32.6 Å². The van der Waals surface area contributed by atoms with Crippen molar-refractivity contribution in [1.29, 1.82) is 0 Å². The third kappa shape index (κ3) is 8.28. The van der Waals surface area contributed by atoms with Gasteiger partial charge in [-0.25, -0.2) is 4.79 Å². The van der Waals surface area contributed by atoms with Crippen LogP contribution in [0.15, 0.2) is 54.6 Å². The molecule has 0 radical (unpaired) electrons. The Kier molecular flexibility index (Phi) is 10.6. The number of hydrogen-bond donors (Lipinski definition) is 2. The number of carboxylic acid groups (broad SMARTS) is 1. The average molecular weight is 627 g/mol. The Morgan fingerprint density at radius 3 is 2.38 bits per heavy atom. The predicted octanol–water partition coefficient (Wildman–Crippen LogP) is 6.26. The van der Waals surface area contributed by atoms with E-state index in [1.165, 1.54) is 23.8 Å². The molecule has 5 rings (SSSR count). The van der Waals surface area contributed by atoms with Crippen molar-refractivity contribution in [2.24, 2.45) is 0 Å². The summed E-state index contributed by atoms with van der Waals surface area (Å²) in [6, 6.07) is 18.4. The molecule has 12 heteroatoms. The van der Waals surface area contributed by atoms with Crippen LogP contribution in [0.4, 0.5) is 13.2 Å². The molecule has 0 saturated carbocycles. The first-order valence-electron chi connectivity index (χ1n) is 13.5. The van der Waals surface area contributed by atoms with Gasteiger partial charge >= 0.3 is 12.1 Å². The van der Waals surface area contributed by atoms with Crippen LogP contribution in [0.3, 0.4) is 0 Å². The number of carbonyl (C=O) groups is 2. The second kappa shape index (κ2) is 13.9. The number of carboxylic acids is 1. The number of ether oxygens (including phenoxy) is 1. The SMILES string of the molecule is CN1CCC[C@H]1COc1ccc(CN2CC[C@H](NC(=O)c3ccc(Cl)c(Cl)c3)C2)c2ccccc12.O=C(O)C(F)(F)F. The minimum Gasteiger partial charge on any atom is -0.491 e. The summed E-state index contributed by atoms with van der Waals surface area (Å²) in [7, 11) is 2.18. The van der Waals surface area contributed by atoms with E-state index >= 15 is 0 Å². The van der Waals surface area contributed by atoms with Gasteiger partial charge in [-0.15, -0.1) is 0 Å². The number of hydrogen-bond acceptors (Lipinski definition) is 5. The van der Waals surface area contributed by atoms with Gasteiger partial charge in [0.25, 0.3) is 5.91 Å². The van der Waals surface area contributed by atoms with Gasteiger partial charge in [-0.3, -0.25) is 9.69 Å². The maximum absolute atomic E-state index is 12.7. The molecule has 2 heterocycles. The Hall–Kier alpha value is -3.05. The normalized spacial score (nSPS) is 19.4. The summed E-state index contributed by atoms with van der Waals surface area (Å²) >= 11 is 12.1. The number of rotatable bonds is 7. The fourth-order valence-electron chi connectivity index (χ4n) is 5.21. The van der Waals surface area contributed by atoms with E-state index in [0.717, 1.165) is 50.3 Å². The molecule has 226 valence electrons. The first-order valence-corrected chi connectivity index (χ1v) is 14.3. The molecule has 0 aliphatic carbocycles. The molecule has 2 atom stereocenters. The van der Waals surface area contributed by atoms with Crippen molar-refractivity contribution in [2.45, 2.75) is 44.1 Å². The summed E-state index contributed by atoms with van der Waals surface area (Å²) in [5.41, 5.74) is 1.81. The first-order chi connectivity index (χ1) is 19.9. The molecule has 2 fully saturated rings. The van der Waals surface area contributed by atoms with Gasteiger partial charge < -0.3 is 20.1 Å². The number of carbonyl (C=O) groups excluding carboxylic acids is 1. The van der Waals surface area contributed by atoms with Gasteiger partial charge in [0.15, 0.2) is 0 Å². The zero-order chi connectivity index (χ0) is 30.4. The first kappa shape index (κ1) is 31.9. The molecule has 42 heavy (non-hydrogen) atoms. The molecule has 0 spiro atoms. The molecule has 3 aromatic rings. The Balaban J connectivity index is 0.000000517. The predicted molar refractivity (Wildman–Crippen MR) is 156 cm³/mol. The van der Waals surface area contributed by atoms with E-state index in [-0.39, 0.29) is 11.9 Å². The molecule has 2 N–H and O–H groups in total. The average Bonchev–Trinajstić information content (AvgIpc) is 3.57. The summed E-state index contributed by atoms with van der Waals surface area (Å²) in [6.45, 7) is 4.47. The summed E-state index contributed by atoms with van der Waals surface area (Å²) in [6.07, 6.45) is -1.72. The molecular weight excluding hydrogens is 594 g/mol. The van der Waals surface area contributed by atoms with Gasteiger partial charge in [0.2, 0.25) is 0 Å². The highest BCUT2D eigenvalue weighted by Gasteiger charge is 2.38. The largest absolute Gasteiger partial charge is 0.491 e.